The van der Waals surface area contributed by atoms with Gasteiger partial charge in [-0.2, -0.15) is 5.10 Å². The van der Waals surface area contributed by atoms with Crippen LogP contribution in [0.4, 0.5) is 0 Å². The standard InChI is InChI=1S/C14H29N3/c1-4-7-9-10-12-17-14(6-3)16(13-15-17)11-8-5-2/h13-14H,4-12H2,1-3H3. The van der Waals surface area contributed by atoms with Gasteiger partial charge in [0.05, 0.1) is 0 Å². The number of unbranched alkanes of at least 4 members (excludes halogenated alkanes) is 4. The normalized spacial score (nSPS) is 19.4. The van der Waals surface area contributed by atoms with Crippen LogP contribution in [0.3, 0.4) is 0 Å². The van der Waals surface area contributed by atoms with E-state index in [1.165, 1.54) is 38.5 Å². The van der Waals surface area contributed by atoms with Gasteiger partial charge in [-0.15, -0.1) is 0 Å². The van der Waals surface area contributed by atoms with Crippen molar-refractivity contribution in [3.63, 3.8) is 0 Å². The first-order chi connectivity index (χ1) is 8.33. The molecule has 0 N–H and O–H groups in total. The maximum absolute atomic E-state index is 4.55. The van der Waals surface area contributed by atoms with E-state index in [-0.39, 0.29) is 0 Å². The Morgan fingerprint density at radius 2 is 1.71 bits per heavy atom. The molecular weight excluding hydrogens is 210 g/mol. The van der Waals surface area contributed by atoms with Gasteiger partial charge in [-0.3, -0.25) is 5.01 Å². The number of hydrogen-bond acceptors (Lipinski definition) is 3. The van der Waals surface area contributed by atoms with Gasteiger partial charge in [0.15, 0.2) is 0 Å². The van der Waals surface area contributed by atoms with Crippen LogP contribution in [0.25, 0.3) is 0 Å². The summed E-state index contributed by atoms with van der Waals surface area (Å²) in [4.78, 5) is 2.41. The van der Waals surface area contributed by atoms with Crippen molar-refractivity contribution in [1.82, 2.24) is 9.91 Å². The van der Waals surface area contributed by atoms with Crippen molar-refractivity contribution in [3.8, 4) is 0 Å². The van der Waals surface area contributed by atoms with E-state index in [2.05, 4.69) is 35.8 Å². The molecule has 0 aromatic carbocycles. The molecule has 1 aliphatic heterocycles. The lowest BCUT2D eigenvalue weighted by atomic mass is 10.2. The highest BCUT2D eigenvalue weighted by Crippen LogP contribution is 2.17. The molecule has 1 aliphatic rings. The first-order valence-electron chi connectivity index (χ1n) is 7.39. The fourth-order valence-corrected chi connectivity index (χ4v) is 2.36. The third kappa shape index (κ3) is 4.57. The molecule has 0 aromatic heterocycles. The molecule has 3 nitrogen and oxygen atoms in total. The third-order valence-electron chi connectivity index (χ3n) is 3.45. The van der Waals surface area contributed by atoms with Gasteiger partial charge in [0.2, 0.25) is 0 Å². The predicted octanol–water partition coefficient (Wildman–Crippen LogP) is 3.66. The van der Waals surface area contributed by atoms with Crippen LogP contribution in [0.2, 0.25) is 0 Å². The lowest BCUT2D eigenvalue weighted by Gasteiger charge is -2.29. The first-order valence-corrected chi connectivity index (χ1v) is 7.39. The van der Waals surface area contributed by atoms with Crippen molar-refractivity contribution in [2.75, 3.05) is 13.1 Å². The molecule has 0 fully saturated rings. The van der Waals surface area contributed by atoms with E-state index in [0.717, 1.165) is 19.5 Å². The van der Waals surface area contributed by atoms with Gasteiger partial charge in [-0.25, -0.2) is 0 Å². The Kier molecular flexibility index (Phi) is 7.06. The van der Waals surface area contributed by atoms with Crippen LogP contribution in [-0.4, -0.2) is 35.5 Å². The summed E-state index contributed by atoms with van der Waals surface area (Å²) in [7, 11) is 0. The molecular formula is C14H29N3. The van der Waals surface area contributed by atoms with Crippen LogP contribution in [0.1, 0.15) is 65.7 Å². The summed E-state index contributed by atoms with van der Waals surface area (Å²) in [6.45, 7) is 9.05. The first kappa shape index (κ1) is 14.3. The zero-order chi connectivity index (χ0) is 12.5. The molecule has 3 heteroatoms. The van der Waals surface area contributed by atoms with Crippen molar-refractivity contribution in [1.29, 1.82) is 0 Å². The molecule has 0 radical (unpaired) electrons. The molecule has 0 spiro atoms. The number of nitrogens with zero attached hydrogens (tertiary/aromatic N) is 3. The number of hydrazone groups is 1. The predicted molar refractivity (Wildman–Crippen MR) is 75.0 cm³/mol. The summed E-state index contributed by atoms with van der Waals surface area (Å²) in [5.74, 6) is 0. The molecule has 0 saturated heterocycles. The van der Waals surface area contributed by atoms with Crippen LogP contribution in [0.5, 0.6) is 0 Å². The molecule has 1 heterocycles. The van der Waals surface area contributed by atoms with Gasteiger partial charge in [0.25, 0.3) is 0 Å². The van der Waals surface area contributed by atoms with E-state index in [1.54, 1.807) is 0 Å². The lowest BCUT2D eigenvalue weighted by Crippen LogP contribution is -2.40. The minimum absolute atomic E-state index is 0.517. The number of hydrogen-bond donors (Lipinski definition) is 0. The molecule has 0 bridgehead atoms. The van der Waals surface area contributed by atoms with Crippen molar-refractivity contribution >= 4 is 6.34 Å². The fraction of sp³-hybridized carbons (Fsp3) is 0.929. The Morgan fingerprint density at radius 1 is 0.941 bits per heavy atom. The maximum atomic E-state index is 4.55. The smallest absolute Gasteiger partial charge is 0.118 e. The average Bonchev–Trinajstić information content (AvgIpc) is 2.74. The summed E-state index contributed by atoms with van der Waals surface area (Å²) in [5.41, 5.74) is 0. The molecule has 17 heavy (non-hydrogen) atoms. The summed E-state index contributed by atoms with van der Waals surface area (Å²) >= 11 is 0. The molecule has 0 saturated carbocycles. The van der Waals surface area contributed by atoms with E-state index >= 15 is 0 Å². The molecule has 1 rings (SSSR count). The zero-order valence-corrected chi connectivity index (χ0v) is 11.9. The highest BCUT2D eigenvalue weighted by atomic mass is 15.6. The minimum atomic E-state index is 0.517. The second-order valence-electron chi connectivity index (χ2n) is 4.93. The Bertz CT molecular complexity index is 216. The van der Waals surface area contributed by atoms with Crippen LogP contribution in [-0.2, 0) is 0 Å². The van der Waals surface area contributed by atoms with Crippen LogP contribution >= 0.6 is 0 Å². The highest BCUT2D eigenvalue weighted by molar-refractivity contribution is 5.57. The Morgan fingerprint density at radius 3 is 2.35 bits per heavy atom. The second kappa shape index (κ2) is 8.37. The van der Waals surface area contributed by atoms with Crippen LogP contribution in [0, 0.1) is 0 Å². The van der Waals surface area contributed by atoms with E-state index in [1.807, 2.05) is 6.34 Å². The summed E-state index contributed by atoms with van der Waals surface area (Å²) in [5, 5.41) is 6.84. The summed E-state index contributed by atoms with van der Waals surface area (Å²) in [6.07, 6.45) is 11.5. The second-order valence-corrected chi connectivity index (χ2v) is 4.93. The largest absolute Gasteiger partial charge is 0.339 e. The van der Waals surface area contributed by atoms with Gasteiger partial charge in [0.1, 0.15) is 12.5 Å². The van der Waals surface area contributed by atoms with Gasteiger partial charge in [-0.05, 0) is 19.3 Å². The lowest BCUT2D eigenvalue weighted by molar-refractivity contribution is 0.123. The van der Waals surface area contributed by atoms with Gasteiger partial charge in [-0.1, -0.05) is 46.5 Å². The monoisotopic (exact) mass is 239 g/mol. The third-order valence-corrected chi connectivity index (χ3v) is 3.45. The summed E-state index contributed by atoms with van der Waals surface area (Å²) in [6, 6.07) is 0. The fourth-order valence-electron chi connectivity index (χ4n) is 2.36. The van der Waals surface area contributed by atoms with Crippen LogP contribution < -0.4 is 0 Å². The molecule has 1 unspecified atom stereocenters. The van der Waals surface area contributed by atoms with Gasteiger partial charge < -0.3 is 4.90 Å². The Balaban J connectivity index is 2.28. The van der Waals surface area contributed by atoms with Crippen molar-refractivity contribution in [2.24, 2.45) is 5.10 Å². The Labute approximate surface area is 107 Å². The zero-order valence-electron chi connectivity index (χ0n) is 11.9. The van der Waals surface area contributed by atoms with E-state index in [9.17, 15) is 0 Å². The summed E-state index contributed by atoms with van der Waals surface area (Å²) < 4.78 is 0. The molecule has 0 aliphatic carbocycles. The van der Waals surface area contributed by atoms with E-state index in [4.69, 9.17) is 0 Å². The van der Waals surface area contributed by atoms with Crippen molar-refractivity contribution in [3.05, 3.63) is 0 Å². The molecule has 0 aromatic rings. The SMILES string of the molecule is CCCCCCN1N=CN(CCCC)C1CC. The number of rotatable bonds is 9. The quantitative estimate of drug-likeness (QED) is 0.572. The van der Waals surface area contributed by atoms with Gasteiger partial charge >= 0.3 is 0 Å². The molecule has 0 amide bonds. The van der Waals surface area contributed by atoms with E-state index in [0.29, 0.717) is 6.17 Å². The van der Waals surface area contributed by atoms with Crippen molar-refractivity contribution in [2.45, 2.75) is 71.9 Å². The van der Waals surface area contributed by atoms with Crippen LogP contribution in [0.15, 0.2) is 5.10 Å². The van der Waals surface area contributed by atoms with Gasteiger partial charge in [0, 0.05) is 13.1 Å². The average molecular weight is 239 g/mol. The molecule has 100 valence electrons. The molecule has 1 atom stereocenters. The highest BCUT2D eigenvalue weighted by Gasteiger charge is 2.24. The van der Waals surface area contributed by atoms with Crippen molar-refractivity contribution < 1.29 is 0 Å². The Hall–Kier alpha value is -0.730. The minimum Gasteiger partial charge on any atom is -0.339 e. The maximum Gasteiger partial charge on any atom is 0.118 e. The topological polar surface area (TPSA) is 18.8 Å². The van der Waals surface area contributed by atoms with E-state index < -0.39 is 0 Å².